The van der Waals surface area contributed by atoms with Gasteiger partial charge in [0.2, 0.25) is 0 Å². The Balaban J connectivity index is 2.03. The van der Waals surface area contributed by atoms with E-state index < -0.39 is 17.6 Å². The number of nitrogens with zero attached hydrogens (tertiary/aromatic N) is 2. The lowest BCUT2D eigenvalue weighted by atomic mass is 9.86. The van der Waals surface area contributed by atoms with Crippen molar-refractivity contribution in [2.75, 3.05) is 5.32 Å². The Labute approximate surface area is 187 Å². The molecule has 3 aromatic rings. The van der Waals surface area contributed by atoms with Crippen molar-refractivity contribution >= 4 is 17.6 Å². The van der Waals surface area contributed by atoms with E-state index in [1.54, 1.807) is 51.1 Å². The van der Waals surface area contributed by atoms with Gasteiger partial charge in [0.25, 0.3) is 0 Å². The van der Waals surface area contributed by atoms with Crippen molar-refractivity contribution in [3.63, 3.8) is 0 Å². The SMILES string of the molecule is Cc1ccc(C(Cc2cccc(C#N)n2)C(=O)c2ccoc2)c(NC(=O)OC(C)(C)C)c1. The maximum absolute atomic E-state index is 13.4. The molecule has 0 aliphatic heterocycles. The number of rotatable bonds is 6. The molecule has 0 aliphatic carbocycles. The van der Waals surface area contributed by atoms with Crippen LogP contribution in [0.1, 0.15) is 59.6 Å². The Bertz CT molecular complexity index is 1150. The number of pyridine rings is 1. The first-order valence-corrected chi connectivity index (χ1v) is 10.2. The van der Waals surface area contributed by atoms with Gasteiger partial charge in [0.15, 0.2) is 5.78 Å². The minimum Gasteiger partial charge on any atom is -0.472 e. The molecule has 7 nitrogen and oxygen atoms in total. The smallest absolute Gasteiger partial charge is 0.412 e. The number of hydrogen-bond donors (Lipinski definition) is 1. The second-order valence-corrected chi connectivity index (χ2v) is 8.48. The molecule has 164 valence electrons. The third kappa shape index (κ3) is 5.82. The molecule has 0 saturated heterocycles. The molecule has 2 aromatic heterocycles. The lowest BCUT2D eigenvalue weighted by Gasteiger charge is -2.23. The Morgan fingerprint density at radius 3 is 2.66 bits per heavy atom. The average Bonchev–Trinajstić information content (AvgIpc) is 3.26. The summed E-state index contributed by atoms with van der Waals surface area (Å²) in [6, 6.07) is 14.2. The Hall–Kier alpha value is -3.92. The molecule has 1 N–H and O–H groups in total. The highest BCUT2D eigenvalue weighted by molar-refractivity contribution is 6.02. The molecule has 0 radical (unpaired) electrons. The number of nitrogens with one attached hydrogen (secondary N) is 1. The maximum Gasteiger partial charge on any atom is 0.412 e. The quantitative estimate of drug-likeness (QED) is 0.523. The number of anilines is 1. The molecule has 1 atom stereocenters. The largest absolute Gasteiger partial charge is 0.472 e. The van der Waals surface area contributed by atoms with Crippen LogP contribution in [0.25, 0.3) is 0 Å². The molecule has 7 heteroatoms. The molecule has 1 aromatic carbocycles. The molecule has 0 fully saturated rings. The Morgan fingerprint density at radius 1 is 1.22 bits per heavy atom. The molecule has 0 bridgehead atoms. The van der Waals surface area contributed by atoms with Crippen LogP contribution in [-0.4, -0.2) is 22.5 Å². The van der Waals surface area contributed by atoms with Crippen LogP contribution >= 0.6 is 0 Å². The molecule has 0 saturated carbocycles. The van der Waals surface area contributed by atoms with Crippen LogP contribution in [0.15, 0.2) is 59.4 Å². The van der Waals surface area contributed by atoms with E-state index in [4.69, 9.17) is 9.15 Å². The van der Waals surface area contributed by atoms with Crippen molar-refractivity contribution in [3.05, 3.63) is 83.1 Å². The topological polar surface area (TPSA) is 105 Å². The van der Waals surface area contributed by atoms with Crippen LogP contribution < -0.4 is 5.32 Å². The lowest BCUT2D eigenvalue weighted by molar-refractivity contribution is 0.0635. The van der Waals surface area contributed by atoms with Gasteiger partial charge in [-0.3, -0.25) is 10.1 Å². The highest BCUT2D eigenvalue weighted by Gasteiger charge is 2.27. The van der Waals surface area contributed by atoms with E-state index >= 15 is 0 Å². The van der Waals surface area contributed by atoms with Crippen LogP contribution in [0.3, 0.4) is 0 Å². The standard InChI is InChI=1S/C25H25N3O4/c1-16-8-9-20(22(12-16)28-24(30)32-25(2,3)4)21(23(29)17-10-11-31-15-17)13-18-6-5-7-19(14-26)27-18/h5-12,15,21H,13H2,1-4H3,(H,28,30). The van der Waals surface area contributed by atoms with E-state index in [9.17, 15) is 14.9 Å². The van der Waals surface area contributed by atoms with Gasteiger partial charge in [-0.1, -0.05) is 18.2 Å². The predicted molar refractivity (Wildman–Crippen MR) is 119 cm³/mol. The zero-order chi connectivity index (χ0) is 23.3. The van der Waals surface area contributed by atoms with E-state index in [0.29, 0.717) is 22.5 Å². The molecule has 0 aliphatic rings. The molecule has 32 heavy (non-hydrogen) atoms. The van der Waals surface area contributed by atoms with Crippen molar-refractivity contribution in [1.82, 2.24) is 4.98 Å². The van der Waals surface area contributed by atoms with Gasteiger partial charge >= 0.3 is 6.09 Å². The molecular formula is C25H25N3O4. The van der Waals surface area contributed by atoms with Gasteiger partial charge in [0.1, 0.15) is 23.6 Å². The summed E-state index contributed by atoms with van der Waals surface area (Å²) in [5.41, 5.74) is 2.63. The number of furan rings is 1. The van der Waals surface area contributed by atoms with Crippen molar-refractivity contribution in [1.29, 1.82) is 5.26 Å². The summed E-state index contributed by atoms with van der Waals surface area (Å²) in [5.74, 6) is -0.849. The summed E-state index contributed by atoms with van der Waals surface area (Å²) in [6.45, 7) is 7.24. The number of hydrogen-bond acceptors (Lipinski definition) is 6. The first kappa shape index (κ1) is 22.8. The number of ether oxygens (including phenoxy) is 1. The fourth-order valence-electron chi connectivity index (χ4n) is 3.31. The summed E-state index contributed by atoms with van der Waals surface area (Å²) in [7, 11) is 0. The van der Waals surface area contributed by atoms with E-state index in [0.717, 1.165) is 5.56 Å². The summed E-state index contributed by atoms with van der Waals surface area (Å²) < 4.78 is 10.5. The first-order valence-electron chi connectivity index (χ1n) is 10.2. The number of Topliss-reactive ketones (excluding diaryl/α,β-unsaturated/α-hetero) is 1. The van der Waals surface area contributed by atoms with Gasteiger partial charge in [0, 0.05) is 17.8 Å². The van der Waals surface area contributed by atoms with Crippen molar-refractivity contribution in [2.24, 2.45) is 0 Å². The monoisotopic (exact) mass is 431 g/mol. The zero-order valence-corrected chi connectivity index (χ0v) is 18.5. The number of carbonyl (C=O) groups is 2. The molecule has 1 unspecified atom stereocenters. The van der Waals surface area contributed by atoms with E-state index in [-0.39, 0.29) is 17.9 Å². The Morgan fingerprint density at radius 2 is 2.00 bits per heavy atom. The fourth-order valence-corrected chi connectivity index (χ4v) is 3.31. The van der Waals surface area contributed by atoms with E-state index in [2.05, 4.69) is 10.3 Å². The number of benzene rings is 1. The summed E-state index contributed by atoms with van der Waals surface area (Å²) in [6.07, 6.45) is 2.46. The van der Waals surface area contributed by atoms with Gasteiger partial charge in [-0.15, -0.1) is 0 Å². The average molecular weight is 431 g/mol. The number of aryl methyl sites for hydroxylation is 1. The van der Waals surface area contributed by atoms with Gasteiger partial charge in [-0.2, -0.15) is 5.26 Å². The molecule has 0 spiro atoms. The minimum absolute atomic E-state index is 0.181. The fraction of sp³-hybridized carbons (Fsp3) is 0.280. The first-order chi connectivity index (χ1) is 15.2. The van der Waals surface area contributed by atoms with Gasteiger partial charge < -0.3 is 9.15 Å². The summed E-state index contributed by atoms with van der Waals surface area (Å²) in [5, 5.41) is 12.0. The van der Waals surface area contributed by atoms with Gasteiger partial charge in [-0.25, -0.2) is 9.78 Å². The van der Waals surface area contributed by atoms with Crippen molar-refractivity contribution in [3.8, 4) is 6.07 Å². The van der Waals surface area contributed by atoms with Crippen molar-refractivity contribution < 1.29 is 18.7 Å². The third-order valence-corrected chi connectivity index (χ3v) is 4.68. The lowest BCUT2D eigenvalue weighted by Crippen LogP contribution is -2.28. The number of ketones is 1. The van der Waals surface area contributed by atoms with Crippen LogP contribution in [0, 0.1) is 18.3 Å². The highest BCUT2D eigenvalue weighted by Crippen LogP contribution is 2.32. The van der Waals surface area contributed by atoms with Crippen molar-refractivity contribution in [2.45, 2.75) is 45.6 Å². The molecule has 2 heterocycles. The summed E-state index contributed by atoms with van der Waals surface area (Å²) in [4.78, 5) is 30.2. The third-order valence-electron chi connectivity index (χ3n) is 4.68. The summed E-state index contributed by atoms with van der Waals surface area (Å²) >= 11 is 0. The van der Waals surface area contributed by atoms with Gasteiger partial charge in [0.05, 0.1) is 17.7 Å². The van der Waals surface area contributed by atoms with E-state index in [1.165, 1.54) is 12.5 Å². The minimum atomic E-state index is -0.667. The van der Waals surface area contributed by atoms with Crippen LogP contribution in [0.2, 0.25) is 0 Å². The second kappa shape index (κ2) is 9.48. The number of carbonyl (C=O) groups excluding carboxylic acids is 2. The number of nitriles is 1. The zero-order valence-electron chi connectivity index (χ0n) is 18.5. The van der Waals surface area contributed by atoms with Crippen LogP contribution in [0.4, 0.5) is 10.5 Å². The second-order valence-electron chi connectivity index (χ2n) is 8.48. The number of amides is 1. The van der Waals surface area contributed by atoms with Crippen LogP contribution in [-0.2, 0) is 11.2 Å². The number of aromatic nitrogens is 1. The Kier molecular flexibility index (Phi) is 6.74. The molecular weight excluding hydrogens is 406 g/mol. The van der Waals surface area contributed by atoms with Gasteiger partial charge in [-0.05, 0) is 63.1 Å². The molecule has 1 amide bonds. The van der Waals surface area contributed by atoms with Crippen LogP contribution in [0.5, 0.6) is 0 Å². The predicted octanol–water partition coefficient (Wildman–Crippen LogP) is 5.41. The highest BCUT2D eigenvalue weighted by atomic mass is 16.6. The molecule has 3 rings (SSSR count). The maximum atomic E-state index is 13.4. The normalized spacial score (nSPS) is 12.0. The van der Waals surface area contributed by atoms with E-state index in [1.807, 2.05) is 25.1 Å².